The molecular formula is C16H21N3O2. The molecule has 0 spiro atoms. The van der Waals surface area contributed by atoms with E-state index < -0.39 is 0 Å². The summed E-state index contributed by atoms with van der Waals surface area (Å²) in [6, 6.07) is 4.16. The predicted molar refractivity (Wildman–Crippen MR) is 78.9 cm³/mol. The zero-order chi connectivity index (χ0) is 14.8. The van der Waals surface area contributed by atoms with Crippen molar-refractivity contribution in [2.75, 3.05) is 7.11 Å². The molecule has 3 rings (SSSR count). The van der Waals surface area contributed by atoms with E-state index in [1.54, 1.807) is 0 Å². The van der Waals surface area contributed by atoms with Gasteiger partial charge in [0.15, 0.2) is 5.65 Å². The summed E-state index contributed by atoms with van der Waals surface area (Å²) in [5, 5.41) is 4.36. The molecule has 2 aromatic heterocycles. The number of methoxy groups -OCH3 is 1. The molecule has 0 N–H and O–H groups in total. The third-order valence-corrected chi connectivity index (χ3v) is 4.40. The van der Waals surface area contributed by atoms with Crippen molar-refractivity contribution in [3.8, 4) is 0 Å². The van der Waals surface area contributed by atoms with Crippen molar-refractivity contribution in [2.24, 2.45) is 11.8 Å². The molecule has 0 unspecified atom stereocenters. The second-order valence-corrected chi connectivity index (χ2v) is 5.94. The van der Waals surface area contributed by atoms with Crippen molar-refractivity contribution in [3.63, 3.8) is 0 Å². The minimum Gasteiger partial charge on any atom is -0.469 e. The molecule has 1 aliphatic rings. The average Bonchev–Trinajstić information content (AvgIpc) is 2.86. The number of aryl methyl sites for hydroxylation is 1. The van der Waals surface area contributed by atoms with Gasteiger partial charge in [0.2, 0.25) is 0 Å². The third-order valence-electron chi connectivity index (χ3n) is 4.40. The number of esters is 1. The van der Waals surface area contributed by atoms with Gasteiger partial charge in [0.1, 0.15) is 5.82 Å². The number of hydrogen-bond acceptors (Lipinski definition) is 4. The van der Waals surface area contributed by atoms with Crippen LogP contribution in [0.1, 0.15) is 37.1 Å². The van der Waals surface area contributed by atoms with Crippen LogP contribution in [-0.4, -0.2) is 27.7 Å². The molecule has 2 heterocycles. The van der Waals surface area contributed by atoms with Crippen LogP contribution in [0.15, 0.2) is 18.3 Å². The lowest BCUT2D eigenvalue weighted by atomic mass is 9.79. The fraction of sp³-hybridized carbons (Fsp3) is 0.562. The second-order valence-electron chi connectivity index (χ2n) is 5.94. The van der Waals surface area contributed by atoms with Crippen LogP contribution in [-0.2, 0) is 16.0 Å². The summed E-state index contributed by atoms with van der Waals surface area (Å²) in [5.41, 5.74) is 2.18. The van der Waals surface area contributed by atoms with Crippen molar-refractivity contribution >= 4 is 11.6 Å². The van der Waals surface area contributed by atoms with Gasteiger partial charge in [-0.05, 0) is 56.6 Å². The van der Waals surface area contributed by atoms with Crippen LogP contribution in [0.4, 0.5) is 0 Å². The molecule has 1 fully saturated rings. The Balaban J connectivity index is 1.62. The Morgan fingerprint density at radius 1 is 1.33 bits per heavy atom. The number of hydrogen-bond donors (Lipinski definition) is 0. The Hall–Kier alpha value is -1.91. The number of carbonyl (C=O) groups is 1. The monoisotopic (exact) mass is 287 g/mol. The number of pyridine rings is 1. The largest absolute Gasteiger partial charge is 0.469 e. The van der Waals surface area contributed by atoms with Crippen molar-refractivity contribution in [3.05, 3.63) is 29.7 Å². The first-order valence-corrected chi connectivity index (χ1v) is 7.55. The molecule has 5 nitrogen and oxygen atoms in total. The van der Waals surface area contributed by atoms with Crippen LogP contribution in [0.2, 0.25) is 0 Å². The second kappa shape index (κ2) is 5.84. The molecule has 2 aromatic rings. The SMILES string of the molecule is COC(=O)[C@H]1CC[C@H](Cc2ccc3nc(C)nn3c2)CC1. The highest BCUT2D eigenvalue weighted by Gasteiger charge is 2.26. The van der Waals surface area contributed by atoms with E-state index in [1.807, 2.05) is 17.5 Å². The molecule has 0 bridgehead atoms. The summed E-state index contributed by atoms with van der Waals surface area (Å²) in [6.45, 7) is 1.90. The van der Waals surface area contributed by atoms with Gasteiger partial charge in [0, 0.05) is 6.20 Å². The Morgan fingerprint density at radius 2 is 2.10 bits per heavy atom. The smallest absolute Gasteiger partial charge is 0.308 e. The number of aromatic nitrogens is 3. The number of nitrogens with zero attached hydrogens (tertiary/aromatic N) is 3. The lowest BCUT2D eigenvalue weighted by Crippen LogP contribution is -2.23. The molecule has 0 aliphatic heterocycles. The van der Waals surface area contributed by atoms with Crippen LogP contribution < -0.4 is 0 Å². The molecule has 0 radical (unpaired) electrons. The quantitative estimate of drug-likeness (QED) is 0.814. The summed E-state index contributed by atoms with van der Waals surface area (Å²) in [4.78, 5) is 15.9. The van der Waals surface area contributed by atoms with Crippen LogP contribution >= 0.6 is 0 Å². The number of rotatable bonds is 3. The minimum absolute atomic E-state index is 0.0482. The normalized spacial score (nSPS) is 22.4. The fourth-order valence-electron chi connectivity index (χ4n) is 3.26. The van der Waals surface area contributed by atoms with E-state index >= 15 is 0 Å². The van der Waals surface area contributed by atoms with Gasteiger partial charge in [-0.2, -0.15) is 5.10 Å². The van der Waals surface area contributed by atoms with Gasteiger partial charge in [0.05, 0.1) is 13.0 Å². The molecular weight excluding hydrogens is 266 g/mol. The molecule has 112 valence electrons. The lowest BCUT2D eigenvalue weighted by Gasteiger charge is -2.26. The highest BCUT2D eigenvalue weighted by Crippen LogP contribution is 2.31. The summed E-state index contributed by atoms with van der Waals surface area (Å²) in [5.74, 6) is 1.50. The molecule has 0 saturated heterocycles. The third kappa shape index (κ3) is 3.06. The van der Waals surface area contributed by atoms with Gasteiger partial charge >= 0.3 is 5.97 Å². The molecule has 21 heavy (non-hydrogen) atoms. The van der Waals surface area contributed by atoms with Crippen LogP contribution in [0.5, 0.6) is 0 Å². The first kappa shape index (κ1) is 14.0. The predicted octanol–water partition coefficient (Wildman–Crippen LogP) is 2.56. The van der Waals surface area contributed by atoms with Crippen molar-refractivity contribution < 1.29 is 9.53 Å². The average molecular weight is 287 g/mol. The standard InChI is InChI=1S/C16H21N3O2/c1-11-17-15-8-5-13(10-19(15)18-11)9-12-3-6-14(7-4-12)16(20)21-2/h5,8,10,12,14H,3-4,6-7,9H2,1-2H3/t12-,14-. The maximum atomic E-state index is 11.5. The van der Waals surface area contributed by atoms with Gasteiger partial charge in [-0.3, -0.25) is 4.79 Å². The van der Waals surface area contributed by atoms with E-state index in [2.05, 4.69) is 22.3 Å². The number of carbonyl (C=O) groups excluding carboxylic acids is 1. The van der Waals surface area contributed by atoms with Crippen LogP contribution in [0.3, 0.4) is 0 Å². The van der Waals surface area contributed by atoms with Gasteiger partial charge < -0.3 is 4.74 Å². The highest BCUT2D eigenvalue weighted by molar-refractivity contribution is 5.72. The van der Waals surface area contributed by atoms with Crippen molar-refractivity contribution in [1.82, 2.24) is 14.6 Å². The maximum absolute atomic E-state index is 11.5. The maximum Gasteiger partial charge on any atom is 0.308 e. The molecule has 0 amide bonds. The Kier molecular flexibility index (Phi) is 3.90. The van der Waals surface area contributed by atoms with Gasteiger partial charge in [-0.25, -0.2) is 9.50 Å². The topological polar surface area (TPSA) is 56.5 Å². The molecule has 0 aromatic carbocycles. The van der Waals surface area contributed by atoms with E-state index in [4.69, 9.17) is 4.74 Å². The summed E-state index contributed by atoms with van der Waals surface area (Å²) in [6.07, 6.45) is 7.19. The summed E-state index contributed by atoms with van der Waals surface area (Å²) < 4.78 is 6.69. The number of fused-ring (bicyclic) bond motifs is 1. The Bertz CT molecular complexity index is 642. The van der Waals surface area contributed by atoms with E-state index in [1.165, 1.54) is 12.7 Å². The van der Waals surface area contributed by atoms with Gasteiger partial charge in [0.25, 0.3) is 0 Å². The van der Waals surface area contributed by atoms with Crippen molar-refractivity contribution in [1.29, 1.82) is 0 Å². The minimum atomic E-state index is -0.0482. The van der Waals surface area contributed by atoms with Gasteiger partial charge in [-0.15, -0.1) is 0 Å². The van der Waals surface area contributed by atoms with Gasteiger partial charge in [-0.1, -0.05) is 6.07 Å². The molecule has 1 saturated carbocycles. The van der Waals surface area contributed by atoms with E-state index in [0.29, 0.717) is 5.92 Å². The number of ether oxygens (including phenoxy) is 1. The Labute approximate surface area is 124 Å². The van der Waals surface area contributed by atoms with E-state index in [9.17, 15) is 4.79 Å². The summed E-state index contributed by atoms with van der Waals surface area (Å²) >= 11 is 0. The summed E-state index contributed by atoms with van der Waals surface area (Å²) in [7, 11) is 1.48. The fourth-order valence-corrected chi connectivity index (χ4v) is 3.26. The molecule has 5 heteroatoms. The lowest BCUT2D eigenvalue weighted by molar-refractivity contribution is -0.146. The molecule has 0 atom stereocenters. The van der Waals surface area contributed by atoms with Crippen LogP contribution in [0, 0.1) is 18.8 Å². The zero-order valence-corrected chi connectivity index (χ0v) is 12.6. The first-order valence-electron chi connectivity index (χ1n) is 7.55. The van der Waals surface area contributed by atoms with E-state index in [0.717, 1.165) is 43.6 Å². The Morgan fingerprint density at radius 3 is 2.81 bits per heavy atom. The van der Waals surface area contributed by atoms with Crippen molar-refractivity contribution in [2.45, 2.75) is 39.0 Å². The van der Waals surface area contributed by atoms with E-state index in [-0.39, 0.29) is 11.9 Å². The molecule has 1 aliphatic carbocycles. The van der Waals surface area contributed by atoms with Crippen LogP contribution in [0.25, 0.3) is 5.65 Å². The zero-order valence-electron chi connectivity index (χ0n) is 12.6. The highest BCUT2D eigenvalue weighted by atomic mass is 16.5. The first-order chi connectivity index (χ1) is 10.2.